The molecule has 0 amide bonds. The fourth-order valence-corrected chi connectivity index (χ4v) is 0.806. The van der Waals surface area contributed by atoms with Crippen LogP contribution in [0.4, 0.5) is 0 Å². The summed E-state index contributed by atoms with van der Waals surface area (Å²) in [5.41, 5.74) is 0.910. The lowest BCUT2D eigenvalue weighted by Gasteiger charge is -2.04. The van der Waals surface area contributed by atoms with Gasteiger partial charge >= 0.3 is 0 Å². The van der Waals surface area contributed by atoms with Crippen LogP contribution in [0.3, 0.4) is 0 Å². The Morgan fingerprint density at radius 3 is 2.07 bits per heavy atom. The standard InChI is InChI=1S/C12H16O2/c1-6-11(13)9(4)7-12(14)10(5)8(2)3/h6-8H,1,5H2,2-4H3/b9-7-. The van der Waals surface area contributed by atoms with Gasteiger partial charge < -0.3 is 0 Å². The van der Waals surface area contributed by atoms with Crippen LogP contribution in [-0.4, -0.2) is 11.6 Å². The van der Waals surface area contributed by atoms with Crippen molar-refractivity contribution in [1.82, 2.24) is 0 Å². The first kappa shape index (κ1) is 12.6. The maximum atomic E-state index is 11.5. The van der Waals surface area contributed by atoms with Crippen LogP contribution in [0.1, 0.15) is 20.8 Å². The second kappa shape index (κ2) is 5.32. The molecule has 0 aliphatic heterocycles. The van der Waals surface area contributed by atoms with Crippen molar-refractivity contribution in [3.05, 3.63) is 36.5 Å². The number of carbonyl (C=O) groups is 2. The van der Waals surface area contributed by atoms with Crippen LogP contribution in [0, 0.1) is 5.92 Å². The molecule has 14 heavy (non-hydrogen) atoms. The predicted octanol–water partition coefficient (Wildman–Crippen LogP) is 2.47. The molecule has 0 heterocycles. The van der Waals surface area contributed by atoms with Crippen molar-refractivity contribution in [2.45, 2.75) is 20.8 Å². The molecule has 2 nitrogen and oxygen atoms in total. The molecular weight excluding hydrogens is 176 g/mol. The first-order chi connectivity index (χ1) is 6.40. The molecule has 0 rings (SSSR count). The van der Waals surface area contributed by atoms with Gasteiger partial charge in [-0.3, -0.25) is 9.59 Å². The molecule has 76 valence electrons. The minimum absolute atomic E-state index is 0.102. The molecule has 0 spiro atoms. The predicted molar refractivity (Wildman–Crippen MR) is 57.9 cm³/mol. The zero-order chi connectivity index (χ0) is 11.3. The maximum Gasteiger partial charge on any atom is 0.181 e. The van der Waals surface area contributed by atoms with Gasteiger partial charge in [0.2, 0.25) is 0 Å². The van der Waals surface area contributed by atoms with Crippen LogP contribution >= 0.6 is 0 Å². The maximum absolute atomic E-state index is 11.5. The Bertz CT molecular complexity index is 306. The number of ketones is 2. The molecule has 0 fully saturated rings. The summed E-state index contributed by atoms with van der Waals surface area (Å²) < 4.78 is 0. The van der Waals surface area contributed by atoms with Gasteiger partial charge in [0.25, 0.3) is 0 Å². The van der Waals surface area contributed by atoms with Gasteiger partial charge in [0.1, 0.15) is 0 Å². The molecule has 0 aliphatic rings. The van der Waals surface area contributed by atoms with Gasteiger partial charge in [0, 0.05) is 5.57 Å². The van der Waals surface area contributed by atoms with Gasteiger partial charge in [0.05, 0.1) is 0 Å². The first-order valence-corrected chi connectivity index (χ1v) is 4.48. The molecule has 0 aromatic heterocycles. The molecule has 0 saturated heterocycles. The fraction of sp³-hybridized carbons (Fsp3) is 0.333. The van der Waals surface area contributed by atoms with Crippen molar-refractivity contribution in [2.75, 3.05) is 0 Å². The van der Waals surface area contributed by atoms with Crippen molar-refractivity contribution >= 4 is 11.6 Å². The van der Waals surface area contributed by atoms with Gasteiger partial charge in [-0.25, -0.2) is 0 Å². The lowest BCUT2D eigenvalue weighted by Crippen LogP contribution is -2.06. The Kier molecular flexibility index (Phi) is 4.78. The third-order valence-electron chi connectivity index (χ3n) is 1.94. The fourth-order valence-electron chi connectivity index (χ4n) is 0.806. The summed E-state index contributed by atoms with van der Waals surface area (Å²) in [7, 11) is 0. The van der Waals surface area contributed by atoms with E-state index in [9.17, 15) is 9.59 Å². The Morgan fingerprint density at radius 1 is 1.21 bits per heavy atom. The summed E-state index contributed by atoms with van der Waals surface area (Å²) in [5.74, 6) is -0.312. The molecule has 0 radical (unpaired) electrons. The largest absolute Gasteiger partial charge is 0.290 e. The van der Waals surface area contributed by atoms with E-state index in [4.69, 9.17) is 0 Å². The lowest BCUT2D eigenvalue weighted by molar-refractivity contribution is -0.113. The molecule has 0 aromatic carbocycles. The molecule has 0 aliphatic carbocycles. The second-order valence-corrected chi connectivity index (χ2v) is 3.44. The Balaban J connectivity index is 4.67. The van der Waals surface area contributed by atoms with E-state index in [0.29, 0.717) is 11.1 Å². The van der Waals surface area contributed by atoms with Crippen molar-refractivity contribution in [2.24, 2.45) is 5.92 Å². The van der Waals surface area contributed by atoms with E-state index in [0.717, 1.165) is 0 Å². The van der Waals surface area contributed by atoms with Crippen LogP contribution in [0.25, 0.3) is 0 Å². The highest BCUT2D eigenvalue weighted by Gasteiger charge is 2.09. The molecule has 2 heteroatoms. The summed E-state index contributed by atoms with van der Waals surface area (Å²) in [5, 5.41) is 0. The van der Waals surface area contributed by atoms with Crippen LogP contribution in [-0.2, 0) is 9.59 Å². The van der Waals surface area contributed by atoms with E-state index in [2.05, 4.69) is 13.2 Å². The molecular formula is C12H16O2. The van der Waals surface area contributed by atoms with E-state index in [1.165, 1.54) is 12.2 Å². The normalized spacial score (nSPS) is 11.3. The Morgan fingerprint density at radius 2 is 1.71 bits per heavy atom. The molecule has 0 saturated carbocycles. The van der Waals surface area contributed by atoms with Crippen LogP contribution in [0.5, 0.6) is 0 Å². The third-order valence-corrected chi connectivity index (χ3v) is 1.94. The van der Waals surface area contributed by atoms with Crippen molar-refractivity contribution < 1.29 is 9.59 Å². The van der Waals surface area contributed by atoms with E-state index >= 15 is 0 Å². The van der Waals surface area contributed by atoms with Gasteiger partial charge in [-0.05, 0) is 30.6 Å². The third kappa shape index (κ3) is 3.52. The minimum atomic E-state index is -0.227. The lowest BCUT2D eigenvalue weighted by atomic mass is 9.99. The molecule has 0 aromatic rings. The average molecular weight is 192 g/mol. The van der Waals surface area contributed by atoms with E-state index in [-0.39, 0.29) is 17.5 Å². The highest BCUT2D eigenvalue weighted by molar-refractivity contribution is 6.11. The van der Waals surface area contributed by atoms with Gasteiger partial charge in [-0.1, -0.05) is 27.0 Å². The zero-order valence-corrected chi connectivity index (χ0v) is 8.96. The minimum Gasteiger partial charge on any atom is -0.290 e. The number of rotatable bonds is 5. The van der Waals surface area contributed by atoms with Crippen LogP contribution in [0.15, 0.2) is 36.5 Å². The summed E-state index contributed by atoms with van der Waals surface area (Å²) in [6.07, 6.45) is 2.50. The zero-order valence-electron chi connectivity index (χ0n) is 8.96. The average Bonchev–Trinajstić information content (AvgIpc) is 2.14. The van der Waals surface area contributed by atoms with Crippen LogP contribution in [0.2, 0.25) is 0 Å². The van der Waals surface area contributed by atoms with E-state index in [1.807, 2.05) is 13.8 Å². The van der Waals surface area contributed by atoms with Gasteiger partial charge in [-0.15, -0.1) is 0 Å². The number of hydrogen-bond acceptors (Lipinski definition) is 2. The summed E-state index contributed by atoms with van der Waals surface area (Å²) >= 11 is 0. The topological polar surface area (TPSA) is 34.1 Å². The Hall–Kier alpha value is -1.44. The number of allylic oxidation sites excluding steroid dienone is 4. The Labute approximate surface area is 85.0 Å². The number of carbonyl (C=O) groups excluding carboxylic acids is 2. The number of hydrogen-bond donors (Lipinski definition) is 0. The monoisotopic (exact) mass is 192 g/mol. The van der Waals surface area contributed by atoms with Gasteiger partial charge in [0.15, 0.2) is 11.6 Å². The highest BCUT2D eigenvalue weighted by atomic mass is 16.1. The smallest absolute Gasteiger partial charge is 0.181 e. The quantitative estimate of drug-likeness (QED) is 0.627. The van der Waals surface area contributed by atoms with Gasteiger partial charge in [-0.2, -0.15) is 0 Å². The SMILES string of the molecule is C=CC(=O)/C(C)=C\C(=O)C(=C)C(C)C. The summed E-state index contributed by atoms with van der Waals surface area (Å²) in [6, 6.07) is 0. The van der Waals surface area contributed by atoms with Crippen molar-refractivity contribution in [1.29, 1.82) is 0 Å². The van der Waals surface area contributed by atoms with Crippen LogP contribution < -0.4 is 0 Å². The molecule has 0 unspecified atom stereocenters. The van der Waals surface area contributed by atoms with E-state index < -0.39 is 0 Å². The van der Waals surface area contributed by atoms with E-state index in [1.54, 1.807) is 6.92 Å². The summed E-state index contributed by atoms with van der Waals surface area (Å²) in [6.45, 7) is 12.4. The summed E-state index contributed by atoms with van der Waals surface area (Å²) in [4.78, 5) is 22.5. The molecule has 0 N–H and O–H groups in total. The molecule has 0 bridgehead atoms. The second-order valence-electron chi connectivity index (χ2n) is 3.44. The molecule has 0 atom stereocenters. The first-order valence-electron chi connectivity index (χ1n) is 4.48. The van der Waals surface area contributed by atoms with Crippen molar-refractivity contribution in [3.8, 4) is 0 Å². The highest BCUT2D eigenvalue weighted by Crippen LogP contribution is 2.10. The van der Waals surface area contributed by atoms with Crippen molar-refractivity contribution in [3.63, 3.8) is 0 Å².